The van der Waals surface area contributed by atoms with E-state index < -0.39 is 0 Å². The molecule has 0 heterocycles. The van der Waals surface area contributed by atoms with E-state index in [2.05, 4.69) is 18.2 Å². The average molecular weight is 110 g/mol. The Morgan fingerprint density at radius 3 is 2.25 bits per heavy atom. The fourth-order valence-electron chi connectivity index (χ4n) is 0. The summed E-state index contributed by atoms with van der Waals surface area (Å²) >= 11 is 3.90. The number of hydrogen-bond donors (Lipinski definition) is 1. The lowest BCUT2D eigenvalue weighted by Gasteiger charge is -1.66. The van der Waals surface area contributed by atoms with Crippen LogP contribution >= 0.6 is 21.9 Å². The maximum absolute atomic E-state index is 3.90. The standard InChI is InChI=1S/CH6S2Si/c1-4-3-2/h2H,4H2,1H3. The van der Waals surface area contributed by atoms with Crippen molar-refractivity contribution in [2.24, 2.45) is 0 Å². The van der Waals surface area contributed by atoms with Crippen LogP contribution in [0.1, 0.15) is 0 Å². The van der Waals surface area contributed by atoms with Gasteiger partial charge in [-0.1, -0.05) is 6.55 Å². The van der Waals surface area contributed by atoms with E-state index in [0.29, 0.717) is 0 Å². The molecular weight excluding hydrogens is 104 g/mol. The van der Waals surface area contributed by atoms with Gasteiger partial charge in [0.15, 0.2) is 0 Å². The van der Waals surface area contributed by atoms with E-state index in [1.54, 1.807) is 10.2 Å². The van der Waals surface area contributed by atoms with Crippen molar-refractivity contribution in [2.75, 3.05) is 0 Å². The molecule has 0 aliphatic carbocycles. The van der Waals surface area contributed by atoms with Crippen molar-refractivity contribution in [3.63, 3.8) is 0 Å². The van der Waals surface area contributed by atoms with Gasteiger partial charge in [-0.3, -0.25) is 0 Å². The first-order chi connectivity index (χ1) is 1.91. The molecule has 0 saturated heterocycles. The van der Waals surface area contributed by atoms with Crippen molar-refractivity contribution in [1.29, 1.82) is 0 Å². The van der Waals surface area contributed by atoms with Gasteiger partial charge in [-0.15, -0.1) is 21.9 Å². The summed E-state index contributed by atoms with van der Waals surface area (Å²) in [6, 6.07) is 0. The Bertz CT molecular complexity index is 8.00. The zero-order valence-electron chi connectivity index (χ0n) is 2.56. The lowest BCUT2D eigenvalue weighted by molar-refractivity contribution is 2.38. The highest BCUT2D eigenvalue weighted by Crippen LogP contribution is 1.97. The van der Waals surface area contributed by atoms with Gasteiger partial charge < -0.3 is 0 Å². The molecule has 0 aliphatic rings. The SMILES string of the molecule is C[SiH2]SS. The van der Waals surface area contributed by atoms with Crippen LogP contribution in [0.3, 0.4) is 0 Å². The first-order valence-corrected chi connectivity index (χ1v) is 6.36. The van der Waals surface area contributed by atoms with Gasteiger partial charge in [-0.25, -0.2) is 0 Å². The van der Waals surface area contributed by atoms with E-state index >= 15 is 0 Å². The zero-order chi connectivity index (χ0) is 3.41. The third-order valence-electron chi connectivity index (χ3n) is 0.129. The molecule has 0 radical (unpaired) electrons. The Morgan fingerprint density at radius 2 is 2.25 bits per heavy atom. The summed E-state index contributed by atoms with van der Waals surface area (Å²) in [5.41, 5.74) is 0. The summed E-state index contributed by atoms with van der Waals surface area (Å²) in [5, 5.41) is 0. The average Bonchev–Trinajstić information content (AvgIpc) is 1.37. The molecule has 0 saturated carbocycles. The molecule has 3 heteroatoms. The molecule has 0 atom stereocenters. The van der Waals surface area contributed by atoms with Crippen LogP contribution in [0.4, 0.5) is 0 Å². The lowest BCUT2D eigenvalue weighted by atomic mass is 11.9. The first kappa shape index (κ1) is 4.92. The van der Waals surface area contributed by atoms with Gasteiger partial charge in [-0.2, -0.15) is 0 Å². The smallest absolute Gasteiger partial charge is 0.0961 e. The Morgan fingerprint density at radius 1 is 2.00 bits per heavy atom. The van der Waals surface area contributed by atoms with Crippen molar-refractivity contribution >= 4 is 30.6 Å². The van der Waals surface area contributed by atoms with E-state index in [1.165, 1.54) is 0 Å². The molecule has 26 valence electrons. The van der Waals surface area contributed by atoms with Crippen LogP contribution in [0.2, 0.25) is 6.55 Å². The van der Waals surface area contributed by atoms with Crippen molar-refractivity contribution in [1.82, 2.24) is 0 Å². The van der Waals surface area contributed by atoms with E-state index in [-0.39, 0.29) is 8.67 Å². The molecule has 4 heavy (non-hydrogen) atoms. The molecule has 0 aromatic heterocycles. The maximum Gasteiger partial charge on any atom is 0.0961 e. The van der Waals surface area contributed by atoms with Gasteiger partial charge in [0.05, 0.1) is 8.67 Å². The quantitative estimate of drug-likeness (QED) is 0.294. The number of rotatable bonds is 1. The molecule has 0 amide bonds. The summed E-state index contributed by atoms with van der Waals surface area (Å²) in [6.07, 6.45) is 0. The Kier molecular flexibility index (Phi) is 4.81. The summed E-state index contributed by atoms with van der Waals surface area (Å²) < 4.78 is 0. The third-order valence-corrected chi connectivity index (χ3v) is 3.49. The van der Waals surface area contributed by atoms with Gasteiger partial charge in [0.1, 0.15) is 0 Å². The molecule has 0 N–H and O–H groups in total. The monoisotopic (exact) mass is 110 g/mol. The highest BCUT2D eigenvalue weighted by atomic mass is 33.2. The van der Waals surface area contributed by atoms with Gasteiger partial charge in [0, 0.05) is 0 Å². The molecule has 0 rings (SSSR count). The normalized spacial score (nSPS) is 10.5. The van der Waals surface area contributed by atoms with Crippen LogP contribution in [-0.2, 0) is 0 Å². The van der Waals surface area contributed by atoms with Crippen LogP contribution in [0.15, 0.2) is 0 Å². The van der Waals surface area contributed by atoms with Crippen molar-refractivity contribution < 1.29 is 0 Å². The van der Waals surface area contributed by atoms with Crippen LogP contribution in [-0.4, -0.2) is 8.67 Å². The van der Waals surface area contributed by atoms with Crippen molar-refractivity contribution in [2.45, 2.75) is 6.55 Å². The summed E-state index contributed by atoms with van der Waals surface area (Å²) in [5.74, 6) is 0. The molecule has 0 unspecified atom stereocenters. The van der Waals surface area contributed by atoms with Crippen molar-refractivity contribution in [3.8, 4) is 0 Å². The van der Waals surface area contributed by atoms with Gasteiger partial charge in [0.25, 0.3) is 0 Å². The zero-order valence-corrected chi connectivity index (χ0v) is 5.69. The second-order valence-electron chi connectivity index (χ2n) is 0.418. The molecule has 0 fully saturated rings. The highest BCUT2D eigenvalue weighted by molar-refractivity contribution is 8.78. The minimum Gasteiger partial charge on any atom is -0.133 e. The second-order valence-corrected chi connectivity index (χ2v) is 6.08. The van der Waals surface area contributed by atoms with Crippen LogP contribution in [0.25, 0.3) is 0 Å². The summed E-state index contributed by atoms with van der Waals surface area (Å²) in [4.78, 5) is 0. The van der Waals surface area contributed by atoms with E-state index in [9.17, 15) is 0 Å². The molecule has 0 bridgehead atoms. The Hall–Kier alpha value is 0.917. The predicted octanol–water partition coefficient (Wildman–Crippen LogP) is 0.696. The molecule has 0 aliphatic heterocycles. The van der Waals surface area contributed by atoms with E-state index in [1.807, 2.05) is 0 Å². The highest BCUT2D eigenvalue weighted by Gasteiger charge is 1.59. The van der Waals surface area contributed by atoms with E-state index in [0.717, 1.165) is 0 Å². The minimum absolute atomic E-state index is 0.205. The molecule has 0 aromatic carbocycles. The van der Waals surface area contributed by atoms with Crippen LogP contribution in [0, 0.1) is 0 Å². The Balaban J connectivity index is 1.97. The molecular formula is CH6S2Si. The van der Waals surface area contributed by atoms with Gasteiger partial charge in [0.2, 0.25) is 0 Å². The summed E-state index contributed by atoms with van der Waals surface area (Å²) in [6.45, 7) is 2.21. The molecule has 0 nitrogen and oxygen atoms in total. The van der Waals surface area contributed by atoms with E-state index in [4.69, 9.17) is 0 Å². The predicted molar refractivity (Wildman–Crippen MR) is 31.0 cm³/mol. The van der Waals surface area contributed by atoms with Gasteiger partial charge >= 0.3 is 0 Å². The molecule has 0 aromatic rings. The second kappa shape index (κ2) is 3.92. The molecule has 0 spiro atoms. The maximum atomic E-state index is 3.90. The minimum atomic E-state index is 0.205. The largest absolute Gasteiger partial charge is 0.133 e. The van der Waals surface area contributed by atoms with Crippen LogP contribution in [0.5, 0.6) is 0 Å². The number of thiol groups is 1. The first-order valence-electron chi connectivity index (χ1n) is 1.18. The fourth-order valence-corrected chi connectivity index (χ4v) is 0. The lowest BCUT2D eigenvalue weighted by Crippen LogP contribution is -1.53. The summed E-state index contributed by atoms with van der Waals surface area (Å²) in [7, 11) is 1.90. The van der Waals surface area contributed by atoms with Crippen molar-refractivity contribution in [3.05, 3.63) is 0 Å². The number of hydrogen-bond acceptors (Lipinski definition) is 2. The van der Waals surface area contributed by atoms with Gasteiger partial charge in [-0.05, 0) is 0 Å². The fraction of sp³-hybridized carbons (Fsp3) is 1.00. The topological polar surface area (TPSA) is 0 Å². The Labute approximate surface area is 37.6 Å². The third kappa shape index (κ3) is 2.92. The van der Waals surface area contributed by atoms with Crippen LogP contribution < -0.4 is 0 Å².